The highest BCUT2D eigenvalue weighted by Crippen LogP contribution is 2.26. The number of carbonyl (C=O) groups is 3. The van der Waals surface area contributed by atoms with E-state index in [9.17, 15) is 22.8 Å². The van der Waals surface area contributed by atoms with Gasteiger partial charge in [0.15, 0.2) is 0 Å². The first-order chi connectivity index (χ1) is 16.3. The number of nitrogens with one attached hydrogen (secondary N) is 2. The molecule has 3 aromatic rings. The first kappa shape index (κ1) is 23.2. The van der Waals surface area contributed by atoms with Gasteiger partial charge in [0.25, 0.3) is 17.7 Å². The van der Waals surface area contributed by atoms with Gasteiger partial charge in [-0.1, -0.05) is 37.3 Å². The molecule has 34 heavy (non-hydrogen) atoms. The van der Waals surface area contributed by atoms with Crippen molar-refractivity contribution in [1.29, 1.82) is 0 Å². The molecule has 0 fully saturated rings. The molecule has 0 unspecified atom stereocenters. The number of carbonyl (C=O) groups excluding carboxylic acids is 3. The van der Waals surface area contributed by atoms with Crippen LogP contribution >= 0.6 is 0 Å². The van der Waals surface area contributed by atoms with E-state index in [2.05, 4.69) is 10.0 Å². The van der Waals surface area contributed by atoms with Gasteiger partial charge in [-0.3, -0.25) is 24.0 Å². The Kier molecular flexibility index (Phi) is 6.47. The van der Waals surface area contributed by atoms with Crippen molar-refractivity contribution in [3.8, 4) is 0 Å². The molecule has 1 heterocycles. The molecular formula is C25H23N3O5S. The average Bonchev–Trinajstić information content (AvgIpc) is 3.05. The van der Waals surface area contributed by atoms with Gasteiger partial charge in [-0.15, -0.1) is 0 Å². The van der Waals surface area contributed by atoms with Gasteiger partial charge in [0.2, 0.25) is 10.0 Å². The Labute approximate surface area is 197 Å². The van der Waals surface area contributed by atoms with Crippen molar-refractivity contribution in [3.63, 3.8) is 0 Å². The first-order valence-electron chi connectivity index (χ1n) is 10.7. The minimum Gasteiger partial charge on any atom is -0.322 e. The highest BCUT2D eigenvalue weighted by atomic mass is 32.2. The number of hydrogen-bond acceptors (Lipinski definition) is 5. The molecule has 4 rings (SSSR count). The largest absolute Gasteiger partial charge is 0.322 e. The van der Waals surface area contributed by atoms with Crippen LogP contribution in [0.1, 0.15) is 50.0 Å². The summed E-state index contributed by atoms with van der Waals surface area (Å²) in [5, 5.41) is 2.72. The van der Waals surface area contributed by atoms with Gasteiger partial charge in [-0.05, 0) is 54.4 Å². The summed E-state index contributed by atoms with van der Waals surface area (Å²) >= 11 is 0. The summed E-state index contributed by atoms with van der Waals surface area (Å²) in [5.41, 5.74) is 2.36. The van der Waals surface area contributed by atoms with Crippen LogP contribution in [0.5, 0.6) is 0 Å². The zero-order valence-electron chi connectivity index (χ0n) is 18.4. The van der Waals surface area contributed by atoms with Crippen molar-refractivity contribution in [1.82, 2.24) is 4.90 Å². The lowest BCUT2D eigenvalue weighted by atomic mass is 10.1. The Morgan fingerprint density at radius 2 is 1.50 bits per heavy atom. The van der Waals surface area contributed by atoms with Crippen molar-refractivity contribution in [2.45, 2.75) is 19.9 Å². The molecule has 3 aromatic carbocycles. The lowest BCUT2D eigenvalue weighted by molar-refractivity contribution is 0.0642. The Hall–Kier alpha value is -3.98. The summed E-state index contributed by atoms with van der Waals surface area (Å²) in [6.45, 7) is 1.93. The number of sulfonamides is 1. The molecule has 0 saturated carbocycles. The average molecular weight is 478 g/mol. The standard InChI is InChI=1S/C25H23N3O5S/c1-2-14-34(32,33)27-20-11-9-19(10-12-20)26-23(29)18-8-13-21-22(15-18)25(31)28(24(21)30)16-17-6-4-3-5-7-17/h3-13,15,27H,2,14,16H2,1H3,(H,26,29). The second-order valence-corrected chi connectivity index (χ2v) is 9.74. The monoisotopic (exact) mass is 477 g/mol. The van der Waals surface area contributed by atoms with E-state index in [4.69, 9.17) is 0 Å². The maximum Gasteiger partial charge on any atom is 0.261 e. The van der Waals surface area contributed by atoms with Crippen LogP contribution in [-0.2, 0) is 16.6 Å². The van der Waals surface area contributed by atoms with E-state index in [1.165, 1.54) is 23.1 Å². The quantitative estimate of drug-likeness (QED) is 0.478. The Morgan fingerprint density at radius 1 is 0.853 bits per heavy atom. The number of benzene rings is 3. The Bertz CT molecular complexity index is 1350. The summed E-state index contributed by atoms with van der Waals surface area (Å²) in [6, 6.07) is 19.9. The molecule has 0 saturated heterocycles. The first-order valence-corrected chi connectivity index (χ1v) is 12.4. The maximum atomic E-state index is 12.9. The molecule has 3 amide bonds. The summed E-state index contributed by atoms with van der Waals surface area (Å²) in [5.74, 6) is -1.27. The van der Waals surface area contributed by atoms with Crippen LogP contribution in [0.2, 0.25) is 0 Å². The molecule has 8 nitrogen and oxygen atoms in total. The third-order valence-corrected chi connectivity index (χ3v) is 6.80. The number of anilines is 2. The van der Waals surface area contributed by atoms with Crippen molar-refractivity contribution >= 4 is 39.1 Å². The van der Waals surface area contributed by atoms with Gasteiger partial charge >= 0.3 is 0 Å². The molecule has 2 N–H and O–H groups in total. The number of fused-ring (bicyclic) bond motifs is 1. The second-order valence-electron chi connectivity index (χ2n) is 7.89. The van der Waals surface area contributed by atoms with Crippen LogP contribution in [0.4, 0.5) is 11.4 Å². The highest BCUT2D eigenvalue weighted by Gasteiger charge is 2.36. The zero-order valence-corrected chi connectivity index (χ0v) is 19.3. The summed E-state index contributed by atoms with van der Waals surface area (Å²) in [4.78, 5) is 39.5. The second kappa shape index (κ2) is 9.48. The Balaban J connectivity index is 1.46. The molecule has 0 aromatic heterocycles. The molecule has 0 atom stereocenters. The van der Waals surface area contributed by atoms with Gasteiger partial charge in [0.05, 0.1) is 23.4 Å². The van der Waals surface area contributed by atoms with Gasteiger partial charge in [-0.2, -0.15) is 0 Å². The smallest absolute Gasteiger partial charge is 0.261 e. The molecule has 0 spiro atoms. The summed E-state index contributed by atoms with van der Waals surface area (Å²) in [6.07, 6.45) is 0.502. The van der Waals surface area contributed by atoms with Crippen LogP contribution in [0, 0.1) is 0 Å². The normalized spacial score (nSPS) is 13.0. The number of hydrogen-bond donors (Lipinski definition) is 2. The van der Waals surface area contributed by atoms with E-state index >= 15 is 0 Å². The van der Waals surface area contributed by atoms with E-state index in [1.54, 1.807) is 31.2 Å². The lowest BCUT2D eigenvalue weighted by Gasteiger charge is -2.13. The number of nitrogens with zero attached hydrogens (tertiary/aromatic N) is 1. The van der Waals surface area contributed by atoms with Crippen molar-refractivity contribution in [2.24, 2.45) is 0 Å². The predicted molar refractivity (Wildman–Crippen MR) is 129 cm³/mol. The van der Waals surface area contributed by atoms with Gasteiger partial charge < -0.3 is 5.32 Å². The van der Waals surface area contributed by atoms with Crippen LogP contribution < -0.4 is 10.0 Å². The molecule has 0 bridgehead atoms. The van der Waals surface area contributed by atoms with Gasteiger partial charge in [0.1, 0.15) is 0 Å². The fourth-order valence-corrected chi connectivity index (χ4v) is 4.80. The van der Waals surface area contributed by atoms with E-state index in [-0.39, 0.29) is 29.0 Å². The lowest BCUT2D eigenvalue weighted by Crippen LogP contribution is -2.29. The predicted octanol–water partition coefficient (Wildman–Crippen LogP) is 3.89. The number of imide groups is 1. The minimum absolute atomic E-state index is 0.0216. The zero-order chi connectivity index (χ0) is 24.3. The van der Waals surface area contributed by atoms with E-state index in [1.807, 2.05) is 30.3 Å². The number of rotatable bonds is 8. The fraction of sp³-hybridized carbons (Fsp3) is 0.160. The van der Waals surface area contributed by atoms with Crippen LogP contribution in [0.3, 0.4) is 0 Å². The van der Waals surface area contributed by atoms with Crippen LogP contribution in [-0.4, -0.2) is 36.8 Å². The van der Waals surface area contributed by atoms with E-state index in [0.717, 1.165) is 5.56 Å². The highest BCUT2D eigenvalue weighted by molar-refractivity contribution is 7.92. The van der Waals surface area contributed by atoms with Crippen molar-refractivity contribution < 1.29 is 22.8 Å². The third-order valence-electron chi connectivity index (χ3n) is 5.31. The molecule has 9 heteroatoms. The van der Waals surface area contributed by atoms with Crippen molar-refractivity contribution in [2.75, 3.05) is 15.8 Å². The third kappa shape index (κ3) is 4.99. The molecule has 0 aliphatic carbocycles. The SMILES string of the molecule is CCCS(=O)(=O)Nc1ccc(NC(=O)c2ccc3c(c2)C(=O)N(Cc2ccccc2)C3=O)cc1. The summed E-state index contributed by atoms with van der Waals surface area (Å²) in [7, 11) is -3.40. The molecule has 174 valence electrons. The Morgan fingerprint density at radius 3 is 2.18 bits per heavy atom. The molecular weight excluding hydrogens is 454 g/mol. The fourth-order valence-electron chi connectivity index (χ4n) is 3.67. The van der Waals surface area contributed by atoms with Crippen molar-refractivity contribution in [3.05, 3.63) is 95.1 Å². The van der Waals surface area contributed by atoms with E-state index < -0.39 is 27.7 Å². The van der Waals surface area contributed by atoms with Crippen LogP contribution in [0.15, 0.2) is 72.8 Å². The van der Waals surface area contributed by atoms with Gasteiger partial charge in [0, 0.05) is 16.9 Å². The minimum atomic E-state index is -3.40. The molecule has 1 aliphatic heterocycles. The molecule has 0 radical (unpaired) electrons. The molecule has 1 aliphatic rings. The number of amides is 3. The van der Waals surface area contributed by atoms with Gasteiger partial charge in [-0.25, -0.2) is 8.42 Å². The van der Waals surface area contributed by atoms with Crippen LogP contribution in [0.25, 0.3) is 0 Å². The maximum absolute atomic E-state index is 12.9. The van der Waals surface area contributed by atoms with E-state index in [0.29, 0.717) is 17.8 Å². The topological polar surface area (TPSA) is 113 Å². The summed E-state index contributed by atoms with van der Waals surface area (Å²) < 4.78 is 26.2.